The lowest BCUT2D eigenvalue weighted by atomic mass is 10.1. The third-order valence-electron chi connectivity index (χ3n) is 2.72. The van der Waals surface area contributed by atoms with E-state index in [0.717, 1.165) is 12.8 Å². The molecule has 0 aromatic carbocycles. The van der Waals surface area contributed by atoms with Gasteiger partial charge in [0.15, 0.2) is 0 Å². The molecule has 0 spiro atoms. The first-order valence-corrected chi connectivity index (χ1v) is 7.09. The number of methoxy groups -OCH3 is 1. The molecule has 2 aromatic heterocycles. The summed E-state index contributed by atoms with van der Waals surface area (Å²) >= 11 is 1.74. The number of rotatable bonds is 6. The fourth-order valence-corrected chi connectivity index (χ4v) is 2.68. The number of nitrogens with one attached hydrogen (secondary N) is 1. The second-order valence-electron chi connectivity index (χ2n) is 4.15. The molecule has 0 fully saturated rings. The lowest BCUT2D eigenvalue weighted by Gasteiger charge is -2.17. The van der Waals surface area contributed by atoms with Crippen LogP contribution in [0, 0.1) is 0 Å². The Morgan fingerprint density at radius 2 is 2.32 bits per heavy atom. The third kappa shape index (κ3) is 3.57. The van der Waals surface area contributed by atoms with Crippen LogP contribution >= 0.6 is 11.3 Å². The third-order valence-corrected chi connectivity index (χ3v) is 3.70. The number of thiophene rings is 1. The number of ether oxygens (including phenoxy) is 1. The molecule has 0 aliphatic rings. The Hall–Kier alpha value is -1.82. The van der Waals surface area contributed by atoms with Crippen molar-refractivity contribution in [2.75, 3.05) is 18.2 Å². The second-order valence-corrected chi connectivity index (χ2v) is 5.13. The normalized spacial score (nSPS) is 12.1. The molecular formula is C13H18N4OS. The molecule has 19 heavy (non-hydrogen) atoms. The molecule has 0 amide bonds. The van der Waals surface area contributed by atoms with Crippen molar-refractivity contribution in [1.29, 1.82) is 0 Å². The van der Waals surface area contributed by atoms with E-state index in [4.69, 9.17) is 10.5 Å². The molecule has 6 heteroatoms. The van der Waals surface area contributed by atoms with Crippen LogP contribution in [0.1, 0.15) is 30.7 Å². The van der Waals surface area contributed by atoms with Gasteiger partial charge in [-0.15, -0.1) is 11.3 Å². The zero-order valence-corrected chi connectivity index (χ0v) is 11.9. The molecule has 1 atom stereocenters. The topological polar surface area (TPSA) is 73.1 Å². The largest absolute Gasteiger partial charge is 0.481 e. The second kappa shape index (κ2) is 6.38. The van der Waals surface area contributed by atoms with E-state index in [0.29, 0.717) is 11.7 Å². The molecule has 2 rings (SSSR count). The van der Waals surface area contributed by atoms with Crippen molar-refractivity contribution >= 4 is 23.1 Å². The number of aromatic nitrogens is 2. The summed E-state index contributed by atoms with van der Waals surface area (Å²) in [5.41, 5.74) is 5.66. The van der Waals surface area contributed by atoms with Crippen molar-refractivity contribution in [1.82, 2.24) is 9.97 Å². The van der Waals surface area contributed by atoms with Crippen LogP contribution in [0.2, 0.25) is 0 Å². The molecule has 0 saturated carbocycles. The number of nitrogens with zero attached hydrogens (tertiary/aromatic N) is 2. The first-order chi connectivity index (χ1) is 9.22. The Kier molecular flexibility index (Phi) is 4.57. The van der Waals surface area contributed by atoms with Crippen LogP contribution in [0.25, 0.3) is 0 Å². The van der Waals surface area contributed by atoms with E-state index in [-0.39, 0.29) is 12.0 Å². The summed E-state index contributed by atoms with van der Waals surface area (Å²) in [5, 5.41) is 5.48. The molecule has 0 aliphatic heterocycles. The molecule has 0 aliphatic carbocycles. The first-order valence-electron chi connectivity index (χ1n) is 6.21. The predicted octanol–water partition coefficient (Wildman–Crippen LogP) is 3.08. The van der Waals surface area contributed by atoms with Gasteiger partial charge in [-0.05, 0) is 17.9 Å². The van der Waals surface area contributed by atoms with Crippen molar-refractivity contribution in [3.8, 4) is 5.88 Å². The van der Waals surface area contributed by atoms with Crippen LogP contribution in [0.4, 0.5) is 11.8 Å². The summed E-state index contributed by atoms with van der Waals surface area (Å²) in [6.07, 6.45) is 2.13. The Bertz CT molecular complexity index is 515. The van der Waals surface area contributed by atoms with Gasteiger partial charge in [0.1, 0.15) is 5.82 Å². The minimum absolute atomic E-state index is 0.211. The van der Waals surface area contributed by atoms with Crippen molar-refractivity contribution < 1.29 is 4.74 Å². The number of anilines is 2. The maximum atomic E-state index is 5.66. The lowest BCUT2D eigenvalue weighted by Crippen LogP contribution is -2.11. The van der Waals surface area contributed by atoms with E-state index in [1.807, 2.05) is 0 Å². The van der Waals surface area contributed by atoms with E-state index in [1.165, 1.54) is 4.88 Å². The molecular weight excluding hydrogens is 260 g/mol. The zero-order valence-electron chi connectivity index (χ0n) is 11.1. The molecule has 0 radical (unpaired) electrons. The highest BCUT2D eigenvalue weighted by atomic mass is 32.1. The molecule has 0 saturated heterocycles. The number of hydrogen-bond acceptors (Lipinski definition) is 6. The average Bonchev–Trinajstić information content (AvgIpc) is 2.91. The van der Waals surface area contributed by atoms with E-state index in [9.17, 15) is 0 Å². The lowest BCUT2D eigenvalue weighted by molar-refractivity contribution is 0.398. The summed E-state index contributed by atoms with van der Waals surface area (Å²) in [4.78, 5) is 9.46. The molecule has 102 valence electrons. The van der Waals surface area contributed by atoms with Gasteiger partial charge in [-0.3, -0.25) is 0 Å². The summed E-state index contributed by atoms with van der Waals surface area (Å²) in [6, 6.07) is 6.18. The number of nitrogens with two attached hydrogens (primary N) is 1. The number of nitrogen functional groups attached to an aromatic ring is 1. The van der Waals surface area contributed by atoms with Crippen LogP contribution in [0.15, 0.2) is 23.6 Å². The molecule has 2 heterocycles. The minimum Gasteiger partial charge on any atom is -0.481 e. The maximum Gasteiger partial charge on any atom is 0.225 e. The van der Waals surface area contributed by atoms with Crippen LogP contribution < -0.4 is 15.8 Å². The van der Waals surface area contributed by atoms with Crippen LogP contribution in [0.3, 0.4) is 0 Å². The summed E-state index contributed by atoms with van der Waals surface area (Å²) in [6.45, 7) is 2.16. The number of hydrogen-bond donors (Lipinski definition) is 2. The van der Waals surface area contributed by atoms with Crippen LogP contribution in [-0.4, -0.2) is 17.1 Å². The summed E-state index contributed by atoms with van der Waals surface area (Å²) < 4.78 is 5.10. The molecule has 0 bridgehead atoms. The standard InChI is InChI=1S/C13H18N4OS/c1-3-5-9(10-6-4-7-19-10)15-11-8-12(18-2)17-13(14)16-11/h4,6-9H,3,5H2,1-2H3,(H3,14,15,16,17). The summed E-state index contributed by atoms with van der Waals surface area (Å²) in [7, 11) is 1.56. The highest BCUT2D eigenvalue weighted by Crippen LogP contribution is 2.27. The van der Waals surface area contributed by atoms with Crippen molar-refractivity contribution in [2.24, 2.45) is 0 Å². The monoisotopic (exact) mass is 278 g/mol. The zero-order chi connectivity index (χ0) is 13.7. The smallest absolute Gasteiger partial charge is 0.225 e. The molecule has 3 N–H and O–H groups in total. The SMILES string of the molecule is CCCC(Nc1cc(OC)nc(N)n1)c1cccs1. The quantitative estimate of drug-likeness (QED) is 0.849. The fourth-order valence-electron chi connectivity index (χ4n) is 1.86. The van der Waals surface area contributed by atoms with Gasteiger partial charge in [0.25, 0.3) is 0 Å². The van der Waals surface area contributed by atoms with Crippen molar-refractivity contribution in [2.45, 2.75) is 25.8 Å². The highest BCUT2D eigenvalue weighted by molar-refractivity contribution is 7.10. The Morgan fingerprint density at radius 1 is 1.47 bits per heavy atom. The van der Waals surface area contributed by atoms with Crippen LogP contribution in [-0.2, 0) is 0 Å². The van der Waals surface area contributed by atoms with Gasteiger partial charge >= 0.3 is 0 Å². The molecule has 1 unspecified atom stereocenters. The van der Waals surface area contributed by atoms with Crippen LogP contribution in [0.5, 0.6) is 5.88 Å². The van der Waals surface area contributed by atoms with E-state index in [2.05, 4.69) is 39.7 Å². The Balaban J connectivity index is 2.19. The van der Waals surface area contributed by atoms with Gasteiger partial charge in [0.05, 0.1) is 13.2 Å². The van der Waals surface area contributed by atoms with Gasteiger partial charge in [-0.2, -0.15) is 9.97 Å². The fraction of sp³-hybridized carbons (Fsp3) is 0.385. The first kappa shape index (κ1) is 13.6. The minimum atomic E-state index is 0.211. The van der Waals surface area contributed by atoms with E-state index >= 15 is 0 Å². The molecule has 5 nitrogen and oxygen atoms in total. The molecule has 2 aromatic rings. The van der Waals surface area contributed by atoms with Crippen molar-refractivity contribution in [3.63, 3.8) is 0 Å². The summed E-state index contributed by atoms with van der Waals surface area (Å²) in [5.74, 6) is 1.37. The van der Waals surface area contributed by atoms with Gasteiger partial charge in [0, 0.05) is 10.9 Å². The Morgan fingerprint density at radius 3 is 2.95 bits per heavy atom. The van der Waals surface area contributed by atoms with Gasteiger partial charge in [0.2, 0.25) is 11.8 Å². The van der Waals surface area contributed by atoms with Gasteiger partial charge < -0.3 is 15.8 Å². The Labute approximate surface area is 116 Å². The highest BCUT2D eigenvalue weighted by Gasteiger charge is 2.13. The van der Waals surface area contributed by atoms with E-state index < -0.39 is 0 Å². The van der Waals surface area contributed by atoms with E-state index in [1.54, 1.807) is 24.5 Å². The van der Waals surface area contributed by atoms with Crippen molar-refractivity contribution in [3.05, 3.63) is 28.5 Å². The maximum absolute atomic E-state index is 5.66. The predicted molar refractivity (Wildman–Crippen MR) is 78.6 cm³/mol. The van der Waals surface area contributed by atoms with Gasteiger partial charge in [-0.1, -0.05) is 19.4 Å². The average molecular weight is 278 g/mol. The van der Waals surface area contributed by atoms with Gasteiger partial charge in [-0.25, -0.2) is 0 Å².